The van der Waals surface area contributed by atoms with Gasteiger partial charge in [0.1, 0.15) is 0 Å². The average Bonchev–Trinajstić information content (AvgIpc) is 2.77. The van der Waals surface area contributed by atoms with Crippen LogP contribution in [-0.2, 0) is 0 Å². The molecular formula is C26H42N4O2. The second-order valence-electron chi connectivity index (χ2n) is 8.97. The van der Waals surface area contributed by atoms with Gasteiger partial charge in [-0.05, 0) is 77.0 Å². The molecule has 0 bridgehead atoms. The van der Waals surface area contributed by atoms with Crippen molar-refractivity contribution in [2.75, 3.05) is 23.4 Å². The number of hydrogen-bond acceptors (Lipinski definition) is 6. The molecule has 178 valence electrons. The molecule has 0 aliphatic heterocycles. The summed E-state index contributed by atoms with van der Waals surface area (Å²) < 4.78 is 5.38. The van der Waals surface area contributed by atoms with Gasteiger partial charge in [-0.15, -0.1) is 0 Å². The van der Waals surface area contributed by atoms with Crippen molar-refractivity contribution in [3.8, 4) is 6.01 Å². The van der Waals surface area contributed by atoms with Crippen LogP contribution in [0.25, 0.3) is 0 Å². The fourth-order valence-electron chi connectivity index (χ4n) is 4.35. The van der Waals surface area contributed by atoms with Crippen LogP contribution in [0.5, 0.6) is 6.01 Å². The van der Waals surface area contributed by atoms with Crippen molar-refractivity contribution in [2.45, 2.75) is 91.7 Å². The molecule has 32 heavy (non-hydrogen) atoms. The Kier molecular flexibility index (Phi) is 9.76. The van der Waals surface area contributed by atoms with E-state index in [1.165, 1.54) is 11.3 Å². The SMILES string of the molecule is CCOc1ncc(Nc2cc([C@@H](CC)CC(C)(C)O)ccc2N(CC)C(CC)CC)cn1. The van der Waals surface area contributed by atoms with Crippen LogP contribution in [0.1, 0.15) is 85.6 Å². The lowest BCUT2D eigenvalue weighted by molar-refractivity contribution is 0.0624. The molecule has 0 aliphatic carbocycles. The first kappa shape index (κ1) is 25.9. The van der Waals surface area contributed by atoms with E-state index in [4.69, 9.17) is 4.74 Å². The Balaban J connectivity index is 2.48. The second kappa shape index (κ2) is 12.0. The van der Waals surface area contributed by atoms with E-state index >= 15 is 0 Å². The Morgan fingerprint density at radius 3 is 2.19 bits per heavy atom. The van der Waals surface area contributed by atoms with Crippen LogP contribution in [0.3, 0.4) is 0 Å². The highest BCUT2D eigenvalue weighted by molar-refractivity contribution is 5.76. The van der Waals surface area contributed by atoms with Crippen LogP contribution in [0.4, 0.5) is 17.1 Å². The van der Waals surface area contributed by atoms with Crippen LogP contribution in [0, 0.1) is 0 Å². The lowest BCUT2D eigenvalue weighted by atomic mass is 9.85. The fraction of sp³-hybridized carbons (Fsp3) is 0.615. The van der Waals surface area contributed by atoms with Crippen molar-refractivity contribution >= 4 is 17.1 Å². The number of ether oxygens (including phenoxy) is 1. The summed E-state index contributed by atoms with van der Waals surface area (Å²) in [5.74, 6) is 0.282. The third-order valence-corrected chi connectivity index (χ3v) is 5.94. The number of hydrogen-bond donors (Lipinski definition) is 2. The standard InChI is InChI=1S/C26H42N4O2/c1-8-19(16-26(6,7)31)20-13-14-24(30(11-4)22(9-2)10-3)23(15-20)29-21-17-27-25(28-18-21)32-12-5/h13-15,17-19,22,29,31H,8-12,16H2,1-7H3/t19-/m0/s1. The van der Waals surface area contributed by atoms with Gasteiger partial charge in [0.15, 0.2) is 0 Å². The van der Waals surface area contributed by atoms with Crippen LogP contribution in [-0.4, -0.2) is 39.9 Å². The molecule has 0 spiro atoms. The van der Waals surface area contributed by atoms with Crippen molar-refractivity contribution in [3.05, 3.63) is 36.2 Å². The van der Waals surface area contributed by atoms with E-state index in [9.17, 15) is 5.11 Å². The van der Waals surface area contributed by atoms with E-state index in [-0.39, 0.29) is 5.92 Å². The third-order valence-electron chi connectivity index (χ3n) is 5.94. The average molecular weight is 443 g/mol. The molecule has 6 nitrogen and oxygen atoms in total. The highest BCUT2D eigenvalue weighted by Crippen LogP contribution is 2.37. The molecule has 2 N–H and O–H groups in total. The summed E-state index contributed by atoms with van der Waals surface area (Å²) in [5.41, 5.74) is 3.56. The van der Waals surface area contributed by atoms with Gasteiger partial charge in [-0.1, -0.05) is 26.8 Å². The highest BCUT2D eigenvalue weighted by Gasteiger charge is 2.23. The van der Waals surface area contributed by atoms with Gasteiger partial charge in [-0.25, -0.2) is 9.97 Å². The minimum Gasteiger partial charge on any atom is -0.464 e. The molecule has 0 unspecified atom stereocenters. The summed E-state index contributed by atoms with van der Waals surface area (Å²) in [7, 11) is 0. The number of benzene rings is 1. The third kappa shape index (κ3) is 7.09. The molecule has 0 saturated carbocycles. The number of aromatic nitrogens is 2. The molecule has 0 saturated heterocycles. The van der Waals surface area contributed by atoms with Gasteiger partial charge in [-0.3, -0.25) is 0 Å². The van der Waals surface area contributed by atoms with E-state index in [2.05, 4.69) is 66.1 Å². The molecule has 1 atom stereocenters. The Labute approximate surface area is 194 Å². The van der Waals surface area contributed by atoms with Crippen LogP contribution < -0.4 is 15.0 Å². The van der Waals surface area contributed by atoms with E-state index in [0.717, 1.165) is 43.6 Å². The zero-order valence-electron chi connectivity index (χ0n) is 21.0. The van der Waals surface area contributed by atoms with Gasteiger partial charge in [0.2, 0.25) is 0 Å². The molecule has 0 amide bonds. The summed E-state index contributed by atoms with van der Waals surface area (Å²) in [4.78, 5) is 11.1. The molecule has 2 rings (SSSR count). The molecule has 1 heterocycles. The number of rotatable bonds is 13. The van der Waals surface area contributed by atoms with E-state index in [1.807, 2.05) is 20.8 Å². The summed E-state index contributed by atoms with van der Waals surface area (Å²) in [6, 6.07) is 7.54. The smallest absolute Gasteiger partial charge is 0.316 e. The zero-order chi connectivity index (χ0) is 23.7. The quantitative estimate of drug-likeness (QED) is 0.380. The van der Waals surface area contributed by atoms with Gasteiger partial charge < -0.3 is 20.1 Å². The topological polar surface area (TPSA) is 70.5 Å². The van der Waals surface area contributed by atoms with Gasteiger partial charge in [0.25, 0.3) is 0 Å². The molecule has 0 fully saturated rings. The predicted molar refractivity (Wildman–Crippen MR) is 134 cm³/mol. The summed E-state index contributed by atoms with van der Waals surface area (Å²) in [6.07, 6.45) is 7.39. The Bertz CT molecular complexity index is 814. The van der Waals surface area contributed by atoms with Crippen LogP contribution in [0.15, 0.2) is 30.6 Å². The fourth-order valence-corrected chi connectivity index (χ4v) is 4.35. The molecule has 0 radical (unpaired) electrons. The lowest BCUT2D eigenvalue weighted by Gasteiger charge is -2.34. The first-order valence-corrected chi connectivity index (χ1v) is 12.1. The van der Waals surface area contributed by atoms with Gasteiger partial charge >= 0.3 is 6.01 Å². The maximum Gasteiger partial charge on any atom is 0.316 e. The molecule has 1 aromatic heterocycles. The first-order chi connectivity index (χ1) is 15.3. The van der Waals surface area contributed by atoms with E-state index < -0.39 is 5.60 Å². The van der Waals surface area contributed by atoms with Crippen LogP contribution in [0.2, 0.25) is 0 Å². The monoisotopic (exact) mass is 442 g/mol. The zero-order valence-corrected chi connectivity index (χ0v) is 21.0. The number of aliphatic hydroxyl groups is 1. The first-order valence-electron chi connectivity index (χ1n) is 12.1. The lowest BCUT2D eigenvalue weighted by Crippen LogP contribution is -2.34. The number of anilines is 3. The summed E-state index contributed by atoms with van der Waals surface area (Å²) in [6.45, 7) is 16.0. The molecular weight excluding hydrogens is 400 g/mol. The van der Waals surface area contributed by atoms with Crippen molar-refractivity contribution in [1.29, 1.82) is 0 Å². The molecule has 0 aliphatic rings. The number of nitrogens with zero attached hydrogens (tertiary/aromatic N) is 3. The minimum absolute atomic E-state index is 0.282. The summed E-state index contributed by atoms with van der Waals surface area (Å²) in [5, 5.41) is 14.0. The largest absolute Gasteiger partial charge is 0.464 e. The second-order valence-corrected chi connectivity index (χ2v) is 8.97. The maximum absolute atomic E-state index is 10.4. The minimum atomic E-state index is -0.707. The van der Waals surface area contributed by atoms with Crippen molar-refractivity contribution in [1.82, 2.24) is 9.97 Å². The van der Waals surface area contributed by atoms with Crippen LogP contribution >= 0.6 is 0 Å². The van der Waals surface area contributed by atoms with E-state index in [0.29, 0.717) is 18.7 Å². The Morgan fingerprint density at radius 1 is 1.03 bits per heavy atom. The Hall–Kier alpha value is -2.34. The van der Waals surface area contributed by atoms with Gasteiger partial charge in [0.05, 0.1) is 41.7 Å². The highest BCUT2D eigenvalue weighted by atomic mass is 16.5. The normalized spacial score (nSPS) is 12.7. The maximum atomic E-state index is 10.4. The molecule has 6 heteroatoms. The van der Waals surface area contributed by atoms with Crippen molar-refractivity contribution < 1.29 is 9.84 Å². The summed E-state index contributed by atoms with van der Waals surface area (Å²) >= 11 is 0. The molecule has 1 aromatic carbocycles. The Morgan fingerprint density at radius 2 is 1.69 bits per heavy atom. The van der Waals surface area contributed by atoms with Gasteiger partial charge in [-0.2, -0.15) is 0 Å². The van der Waals surface area contributed by atoms with Crippen molar-refractivity contribution in [2.24, 2.45) is 0 Å². The molecule has 2 aromatic rings. The van der Waals surface area contributed by atoms with E-state index in [1.54, 1.807) is 12.4 Å². The predicted octanol–water partition coefficient (Wildman–Crippen LogP) is 6.29. The van der Waals surface area contributed by atoms with Crippen molar-refractivity contribution in [3.63, 3.8) is 0 Å². The number of nitrogens with one attached hydrogen (secondary N) is 1. The van der Waals surface area contributed by atoms with Gasteiger partial charge in [0, 0.05) is 12.6 Å².